The molecular weight excluding hydrogens is 206 g/mol. The summed E-state index contributed by atoms with van der Waals surface area (Å²) in [5, 5.41) is 18.2. The molecule has 1 aromatic heterocycles. The van der Waals surface area contributed by atoms with Gasteiger partial charge in [0.2, 0.25) is 0 Å². The lowest BCUT2D eigenvalue weighted by Gasteiger charge is -2.21. The fraction of sp³-hybridized carbons (Fsp3) is 0.818. The van der Waals surface area contributed by atoms with Gasteiger partial charge in [-0.3, -0.25) is 0 Å². The monoisotopic (exact) mass is 225 g/mol. The Morgan fingerprint density at radius 1 is 1.69 bits per heavy atom. The molecule has 1 aromatic rings. The molecule has 3 unspecified atom stereocenters. The molecule has 1 saturated heterocycles. The molecule has 1 aliphatic rings. The zero-order valence-corrected chi connectivity index (χ0v) is 9.83. The normalized spacial score (nSPS) is 27.2. The SMILES string of the molecule is CCCn1nncc1C(O)C1CCOC1C. The third kappa shape index (κ3) is 2.10. The third-order valence-electron chi connectivity index (χ3n) is 3.23. The minimum absolute atomic E-state index is 0.111. The van der Waals surface area contributed by atoms with Crippen molar-refractivity contribution in [1.29, 1.82) is 0 Å². The van der Waals surface area contributed by atoms with Gasteiger partial charge in [0.15, 0.2) is 0 Å². The molecule has 0 amide bonds. The van der Waals surface area contributed by atoms with Crippen molar-refractivity contribution in [3.8, 4) is 0 Å². The van der Waals surface area contributed by atoms with Crippen LogP contribution < -0.4 is 0 Å². The van der Waals surface area contributed by atoms with E-state index < -0.39 is 6.10 Å². The van der Waals surface area contributed by atoms with Gasteiger partial charge in [0.05, 0.1) is 18.0 Å². The van der Waals surface area contributed by atoms with Gasteiger partial charge in [-0.2, -0.15) is 0 Å². The van der Waals surface area contributed by atoms with Crippen LogP contribution in [-0.4, -0.2) is 32.8 Å². The molecule has 0 saturated carbocycles. The van der Waals surface area contributed by atoms with E-state index in [1.165, 1.54) is 0 Å². The lowest BCUT2D eigenvalue weighted by Crippen LogP contribution is -2.22. The van der Waals surface area contributed by atoms with Gasteiger partial charge in [0, 0.05) is 19.1 Å². The van der Waals surface area contributed by atoms with E-state index in [0.29, 0.717) is 0 Å². The highest BCUT2D eigenvalue weighted by Gasteiger charge is 2.33. The first-order chi connectivity index (χ1) is 7.74. The molecule has 16 heavy (non-hydrogen) atoms. The number of aromatic nitrogens is 3. The standard InChI is InChI=1S/C11H19N3O2/c1-3-5-14-10(7-12-13-14)11(15)9-4-6-16-8(9)2/h7-9,11,15H,3-6H2,1-2H3. The van der Waals surface area contributed by atoms with E-state index in [2.05, 4.69) is 17.2 Å². The molecule has 2 heterocycles. The highest BCUT2D eigenvalue weighted by atomic mass is 16.5. The smallest absolute Gasteiger partial charge is 0.103 e. The first-order valence-electron chi connectivity index (χ1n) is 5.92. The highest BCUT2D eigenvalue weighted by molar-refractivity contribution is 5.02. The second-order valence-electron chi connectivity index (χ2n) is 4.36. The highest BCUT2D eigenvalue weighted by Crippen LogP contribution is 2.32. The van der Waals surface area contributed by atoms with Crippen molar-refractivity contribution < 1.29 is 9.84 Å². The van der Waals surface area contributed by atoms with E-state index in [1.54, 1.807) is 10.9 Å². The molecule has 90 valence electrons. The molecule has 5 heteroatoms. The van der Waals surface area contributed by atoms with Crippen LogP contribution in [0.25, 0.3) is 0 Å². The molecule has 2 rings (SSSR count). The Balaban J connectivity index is 2.13. The lowest BCUT2D eigenvalue weighted by atomic mass is 9.94. The van der Waals surface area contributed by atoms with Crippen molar-refractivity contribution in [2.75, 3.05) is 6.61 Å². The number of ether oxygens (including phenoxy) is 1. The minimum Gasteiger partial charge on any atom is -0.386 e. The van der Waals surface area contributed by atoms with Gasteiger partial charge in [0.25, 0.3) is 0 Å². The van der Waals surface area contributed by atoms with Crippen molar-refractivity contribution in [3.05, 3.63) is 11.9 Å². The van der Waals surface area contributed by atoms with Crippen LogP contribution in [0.2, 0.25) is 0 Å². The molecule has 3 atom stereocenters. The predicted molar refractivity (Wildman–Crippen MR) is 58.8 cm³/mol. The zero-order chi connectivity index (χ0) is 11.5. The molecule has 1 N–H and O–H groups in total. The van der Waals surface area contributed by atoms with Gasteiger partial charge in [-0.1, -0.05) is 12.1 Å². The molecular formula is C11H19N3O2. The molecule has 1 fully saturated rings. The first kappa shape index (κ1) is 11.5. The number of aryl methyl sites for hydroxylation is 1. The maximum absolute atomic E-state index is 10.3. The van der Waals surface area contributed by atoms with Gasteiger partial charge < -0.3 is 9.84 Å². The fourth-order valence-corrected chi connectivity index (χ4v) is 2.26. The molecule has 0 radical (unpaired) electrons. The second kappa shape index (κ2) is 4.93. The Morgan fingerprint density at radius 2 is 2.50 bits per heavy atom. The van der Waals surface area contributed by atoms with Crippen LogP contribution in [0.1, 0.15) is 38.5 Å². The number of aliphatic hydroxyl groups excluding tert-OH is 1. The summed E-state index contributed by atoms with van der Waals surface area (Å²) in [6.45, 7) is 5.63. The van der Waals surface area contributed by atoms with Crippen molar-refractivity contribution in [2.24, 2.45) is 5.92 Å². The first-order valence-corrected chi connectivity index (χ1v) is 5.92. The molecule has 0 aliphatic carbocycles. The van der Waals surface area contributed by atoms with Gasteiger partial charge in [-0.05, 0) is 19.8 Å². The average molecular weight is 225 g/mol. The summed E-state index contributed by atoms with van der Waals surface area (Å²) in [5.74, 6) is 0.161. The predicted octanol–water partition coefficient (Wildman–Crippen LogP) is 1.15. The summed E-state index contributed by atoms with van der Waals surface area (Å²) in [4.78, 5) is 0. The third-order valence-corrected chi connectivity index (χ3v) is 3.23. The van der Waals surface area contributed by atoms with E-state index >= 15 is 0 Å². The summed E-state index contributed by atoms with van der Waals surface area (Å²) >= 11 is 0. The van der Waals surface area contributed by atoms with E-state index in [1.807, 2.05) is 6.92 Å². The quantitative estimate of drug-likeness (QED) is 0.835. The topological polar surface area (TPSA) is 60.2 Å². The second-order valence-corrected chi connectivity index (χ2v) is 4.36. The van der Waals surface area contributed by atoms with Crippen LogP contribution in [0.3, 0.4) is 0 Å². The average Bonchev–Trinajstić information content (AvgIpc) is 2.87. The molecule has 0 aromatic carbocycles. The summed E-state index contributed by atoms with van der Waals surface area (Å²) in [6.07, 6.45) is 3.14. The number of nitrogens with zero attached hydrogens (tertiary/aromatic N) is 3. The Labute approximate surface area is 95.4 Å². The Hall–Kier alpha value is -0.940. The van der Waals surface area contributed by atoms with Crippen LogP contribution in [0.5, 0.6) is 0 Å². The van der Waals surface area contributed by atoms with Crippen LogP contribution in [0, 0.1) is 5.92 Å². The van der Waals surface area contributed by atoms with Crippen molar-refractivity contribution >= 4 is 0 Å². The van der Waals surface area contributed by atoms with E-state index in [0.717, 1.165) is 31.7 Å². The minimum atomic E-state index is -0.515. The van der Waals surface area contributed by atoms with Crippen molar-refractivity contribution in [1.82, 2.24) is 15.0 Å². The Morgan fingerprint density at radius 3 is 3.12 bits per heavy atom. The summed E-state index contributed by atoms with van der Waals surface area (Å²) in [7, 11) is 0. The molecule has 1 aliphatic heterocycles. The zero-order valence-electron chi connectivity index (χ0n) is 9.83. The largest absolute Gasteiger partial charge is 0.386 e. The van der Waals surface area contributed by atoms with Crippen LogP contribution in [-0.2, 0) is 11.3 Å². The molecule has 0 bridgehead atoms. The van der Waals surface area contributed by atoms with Gasteiger partial charge in [-0.15, -0.1) is 5.10 Å². The summed E-state index contributed by atoms with van der Waals surface area (Å²) in [6, 6.07) is 0. The van der Waals surface area contributed by atoms with Crippen LogP contribution in [0.15, 0.2) is 6.20 Å². The van der Waals surface area contributed by atoms with Crippen LogP contribution >= 0.6 is 0 Å². The number of hydrogen-bond acceptors (Lipinski definition) is 4. The number of aliphatic hydroxyl groups is 1. The maximum Gasteiger partial charge on any atom is 0.103 e. The molecule has 0 spiro atoms. The van der Waals surface area contributed by atoms with E-state index in [9.17, 15) is 5.11 Å². The van der Waals surface area contributed by atoms with Crippen molar-refractivity contribution in [3.63, 3.8) is 0 Å². The summed E-state index contributed by atoms with van der Waals surface area (Å²) in [5.41, 5.74) is 0.809. The number of rotatable bonds is 4. The Kier molecular flexibility index (Phi) is 3.56. The lowest BCUT2D eigenvalue weighted by molar-refractivity contribution is 0.0386. The summed E-state index contributed by atoms with van der Waals surface area (Å²) < 4.78 is 7.26. The van der Waals surface area contributed by atoms with Gasteiger partial charge in [-0.25, -0.2) is 4.68 Å². The van der Waals surface area contributed by atoms with E-state index in [-0.39, 0.29) is 12.0 Å². The van der Waals surface area contributed by atoms with Crippen molar-refractivity contribution in [2.45, 2.75) is 45.4 Å². The van der Waals surface area contributed by atoms with E-state index in [4.69, 9.17) is 4.74 Å². The van der Waals surface area contributed by atoms with Gasteiger partial charge >= 0.3 is 0 Å². The Bertz CT molecular complexity index is 340. The number of hydrogen-bond donors (Lipinski definition) is 1. The van der Waals surface area contributed by atoms with Crippen LogP contribution in [0.4, 0.5) is 0 Å². The fourth-order valence-electron chi connectivity index (χ4n) is 2.26. The molecule has 5 nitrogen and oxygen atoms in total. The van der Waals surface area contributed by atoms with Gasteiger partial charge in [0.1, 0.15) is 6.10 Å². The maximum atomic E-state index is 10.3.